The van der Waals surface area contributed by atoms with E-state index in [1.807, 2.05) is 24.3 Å². The summed E-state index contributed by atoms with van der Waals surface area (Å²) in [5, 5.41) is 2.85. The first-order chi connectivity index (χ1) is 10.1. The van der Waals surface area contributed by atoms with E-state index < -0.39 is 0 Å². The summed E-state index contributed by atoms with van der Waals surface area (Å²) in [6.45, 7) is 2.16. The lowest BCUT2D eigenvalue weighted by molar-refractivity contribution is 0.0933. The third-order valence-corrected chi connectivity index (χ3v) is 3.64. The number of fused-ring (bicyclic) bond motifs is 1. The summed E-state index contributed by atoms with van der Waals surface area (Å²) in [7, 11) is 0. The van der Waals surface area contributed by atoms with E-state index in [0.29, 0.717) is 17.7 Å². The molecule has 0 aromatic heterocycles. The van der Waals surface area contributed by atoms with Crippen molar-refractivity contribution in [3.63, 3.8) is 0 Å². The Labute approximate surface area is 122 Å². The van der Waals surface area contributed by atoms with E-state index in [9.17, 15) is 9.18 Å². The summed E-state index contributed by atoms with van der Waals surface area (Å²) in [6.07, 6.45) is 0.742. The van der Waals surface area contributed by atoms with Crippen LogP contribution >= 0.6 is 0 Å². The number of carbonyl (C=O) groups excluding carboxylic acids is 1. The average molecular weight is 285 g/mol. The Balaban J connectivity index is 1.60. The zero-order valence-electron chi connectivity index (χ0n) is 11.7. The molecule has 1 aliphatic heterocycles. The lowest BCUT2D eigenvalue weighted by atomic mass is 10.1. The van der Waals surface area contributed by atoms with Gasteiger partial charge >= 0.3 is 0 Å². The molecule has 4 heteroatoms. The molecule has 0 spiro atoms. The number of rotatable bonds is 3. The van der Waals surface area contributed by atoms with Crippen molar-refractivity contribution in [3.05, 3.63) is 65.0 Å². The predicted molar refractivity (Wildman–Crippen MR) is 78.0 cm³/mol. The number of para-hydroxylation sites is 1. The molecule has 1 aliphatic rings. The number of halogens is 1. The van der Waals surface area contributed by atoms with Gasteiger partial charge in [0.2, 0.25) is 0 Å². The van der Waals surface area contributed by atoms with Gasteiger partial charge < -0.3 is 10.1 Å². The lowest BCUT2D eigenvalue weighted by Crippen LogP contribution is -2.34. The second-order valence-corrected chi connectivity index (χ2v) is 5.22. The van der Waals surface area contributed by atoms with Crippen LogP contribution in [0.4, 0.5) is 4.39 Å². The van der Waals surface area contributed by atoms with E-state index >= 15 is 0 Å². The number of ether oxygens (including phenoxy) is 1. The summed E-state index contributed by atoms with van der Waals surface area (Å²) in [5.74, 6) is 0.348. The van der Waals surface area contributed by atoms with Gasteiger partial charge in [0.25, 0.3) is 5.91 Å². The third-order valence-electron chi connectivity index (χ3n) is 3.64. The number of hydrogen-bond donors (Lipinski definition) is 1. The molecule has 0 bridgehead atoms. The Morgan fingerprint density at radius 1 is 1.33 bits per heavy atom. The van der Waals surface area contributed by atoms with Crippen molar-refractivity contribution in [1.82, 2.24) is 5.32 Å². The van der Waals surface area contributed by atoms with E-state index in [4.69, 9.17) is 4.74 Å². The highest BCUT2D eigenvalue weighted by Gasteiger charge is 2.23. The highest BCUT2D eigenvalue weighted by Crippen LogP contribution is 2.27. The van der Waals surface area contributed by atoms with Gasteiger partial charge in [0, 0.05) is 12.0 Å². The molecule has 21 heavy (non-hydrogen) atoms. The first-order valence-electron chi connectivity index (χ1n) is 6.92. The fourth-order valence-corrected chi connectivity index (χ4v) is 2.55. The molecule has 108 valence electrons. The van der Waals surface area contributed by atoms with Crippen LogP contribution in [0.25, 0.3) is 0 Å². The molecule has 1 unspecified atom stereocenters. The van der Waals surface area contributed by atoms with Crippen molar-refractivity contribution in [3.8, 4) is 5.75 Å². The number of benzene rings is 2. The maximum absolute atomic E-state index is 13.0. The number of amides is 1. The quantitative estimate of drug-likeness (QED) is 0.941. The van der Waals surface area contributed by atoms with Gasteiger partial charge in [0.1, 0.15) is 17.7 Å². The van der Waals surface area contributed by atoms with Crippen molar-refractivity contribution in [2.45, 2.75) is 19.4 Å². The molecule has 2 aromatic carbocycles. The van der Waals surface area contributed by atoms with Crippen LogP contribution in [-0.4, -0.2) is 18.6 Å². The Morgan fingerprint density at radius 3 is 2.90 bits per heavy atom. The van der Waals surface area contributed by atoms with Crippen molar-refractivity contribution in [2.24, 2.45) is 0 Å². The molecule has 0 saturated carbocycles. The Kier molecular flexibility index (Phi) is 3.60. The normalized spacial score (nSPS) is 16.2. The summed E-state index contributed by atoms with van der Waals surface area (Å²) in [4.78, 5) is 12.1. The largest absolute Gasteiger partial charge is 0.488 e. The molecule has 3 nitrogen and oxygen atoms in total. The second kappa shape index (κ2) is 5.56. The molecule has 3 rings (SSSR count). The molecule has 0 aliphatic carbocycles. The van der Waals surface area contributed by atoms with Crippen LogP contribution in [0.15, 0.2) is 42.5 Å². The fraction of sp³-hybridized carbons (Fsp3) is 0.235. The van der Waals surface area contributed by atoms with Crippen molar-refractivity contribution < 1.29 is 13.9 Å². The molecular weight excluding hydrogens is 269 g/mol. The molecule has 0 saturated heterocycles. The highest BCUT2D eigenvalue weighted by atomic mass is 19.1. The van der Waals surface area contributed by atoms with E-state index in [1.54, 1.807) is 6.92 Å². The molecule has 1 atom stereocenters. The van der Waals surface area contributed by atoms with Crippen LogP contribution < -0.4 is 10.1 Å². The van der Waals surface area contributed by atoms with Crippen LogP contribution in [0.3, 0.4) is 0 Å². The van der Waals surface area contributed by atoms with Crippen molar-refractivity contribution >= 4 is 5.91 Å². The van der Waals surface area contributed by atoms with E-state index in [2.05, 4.69) is 5.32 Å². The number of carbonyl (C=O) groups is 1. The zero-order chi connectivity index (χ0) is 14.8. The smallest absolute Gasteiger partial charge is 0.251 e. The van der Waals surface area contributed by atoms with Crippen LogP contribution in [0.2, 0.25) is 0 Å². The SMILES string of the molecule is Cc1cc(F)ccc1C(=O)NCC1Cc2ccccc2O1. The Bertz CT molecular complexity index is 659. The first kappa shape index (κ1) is 13.6. The summed E-state index contributed by atoms with van der Waals surface area (Å²) in [6, 6.07) is 12.0. The highest BCUT2D eigenvalue weighted by molar-refractivity contribution is 5.95. The topological polar surface area (TPSA) is 38.3 Å². The zero-order valence-corrected chi connectivity index (χ0v) is 11.7. The number of nitrogens with one attached hydrogen (secondary N) is 1. The first-order valence-corrected chi connectivity index (χ1v) is 6.92. The monoisotopic (exact) mass is 285 g/mol. The van der Waals surface area contributed by atoms with Gasteiger partial charge in [0.05, 0.1) is 6.54 Å². The Hall–Kier alpha value is -2.36. The van der Waals surface area contributed by atoms with Crippen LogP contribution in [0.5, 0.6) is 5.75 Å². The third kappa shape index (κ3) is 2.89. The van der Waals surface area contributed by atoms with E-state index in [0.717, 1.165) is 17.7 Å². The van der Waals surface area contributed by atoms with Gasteiger partial charge in [-0.1, -0.05) is 18.2 Å². The lowest BCUT2D eigenvalue weighted by Gasteiger charge is -2.13. The molecule has 0 fully saturated rings. The average Bonchev–Trinajstić information content (AvgIpc) is 2.87. The minimum atomic E-state index is -0.335. The maximum atomic E-state index is 13.0. The maximum Gasteiger partial charge on any atom is 0.251 e. The minimum Gasteiger partial charge on any atom is -0.488 e. The minimum absolute atomic E-state index is 0.0490. The van der Waals surface area contributed by atoms with E-state index in [-0.39, 0.29) is 17.8 Å². The molecule has 2 aromatic rings. The number of aryl methyl sites for hydroxylation is 1. The second-order valence-electron chi connectivity index (χ2n) is 5.22. The van der Waals surface area contributed by atoms with Crippen LogP contribution in [0, 0.1) is 12.7 Å². The summed E-state index contributed by atoms with van der Waals surface area (Å²) >= 11 is 0. The van der Waals surface area contributed by atoms with Gasteiger partial charge in [0.15, 0.2) is 0 Å². The van der Waals surface area contributed by atoms with Gasteiger partial charge in [-0.25, -0.2) is 4.39 Å². The van der Waals surface area contributed by atoms with Gasteiger partial charge in [-0.15, -0.1) is 0 Å². The molecule has 1 N–H and O–H groups in total. The van der Waals surface area contributed by atoms with Gasteiger partial charge in [-0.05, 0) is 42.3 Å². The van der Waals surface area contributed by atoms with Gasteiger partial charge in [-0.3, -0.25) is 4.79 Å². The summed E-state index contributed by atoms with van der Waals surface area (Å²) in [5.41, 5.74) is 2.28. The van der Waals surface area contributed by atoms with Crippen molar-refractivity contribution in [2.75, 3.05) is 6.54 Å². The fourth-order valence-electron chi connectivity index (χ4n) is 2.55. The molecule has 0 radical (unpaired) electrons. The Morgan fingerprint density at radius 2 is 2.14 bits per heavy atom. The molecular formula is C17H16FNO2. The summed E-state index contributed by atoms with van der Waals surface area (Å²) < 4.78 is 18.8. The van der Waals surface area contributed by atoms with Gasteiger partial charge in [-0.2, -0.15) is 0 Å². The molecule has 1 heterocycles. The van der Waals surface area contributed by atoms with Crippen LogP contribution in [0.1, 0.15) is 21.5 Å². The van der Waals surface area contributed by atoms with E-state index in [1.165, 1.54) is 18.2 Å². The molecule has 1 amide bonds. The standard InChI is InChI=1S/C17H16FNO2/c1-11-8-13(18)6-7-15(11)17(20)19-10-14-9-12-4-2-3-5-16(12)21-14/h2-8,14H,9-10H2,1H3,(H,19,20). The van der Waals surface area contributed by atoms with Crippen LogP contribution in [-0.2, 0) is 6.42 Å². The predicted octanol–water partition coefficient (Wildman–Crippen LogP) is 2.87. The number of hydrogen-bond acceptors (Lipinski definition) is 2. The van der Waals surface area contributed by atoms with Crippen molar-refractivity contribution in [1.29, 1.82) is 0 Å².